The first kappa shape index (κ1) is 12.2. The van der Waals surface area contributed by atoms with Crippen LogP contribution in [0.25, 0.3) is 16.9 Å². The zero-order valence-corrected chi connectivity index (χ0v) is 10.5. The summed E-state index contributed by atoms with van der Waals surface area (Å²) >= 11 is 0. The third kappa shape index (κ3) is 2.46. The second kappa shape index (κ2) is 5.04. The molecule has 3 aromatic heterocycles. The molecule has 0 fully saturated rings. The number of carboxylic acid groups (broad SMARTS) is 1. The van der Waals surface area contributed by atoms with Crippen molar-refractivity contribution in [2.24, 2.45) is 0 Å². The van der Waals surface area contributed by atoms with Crippen LogP contribution in [0.3, 0.4) is 0 Å². The standard InChI is InChI=1S/C13H11N5O2/c19-13(20)5-8-17-6-3-10(4-7-17)11-1-2-12-14-9-15-18(12)16-11/h1-4,6-7,9H,5,8H2/p+1. The van der Waals surface area contributed by atoms with Gasteiger partial charge in [-0.05, 0) is 12.1 Å². The molecular weight excluding hydrogens is 258 g/mol. The lowest BCUT2D eigenvalue weighted by atomic mass is 10.2. The Morgan fingerprint density at radius 3 is 2.80 bits per heavy atom. The molecule has 0 radical (unpaired) electrons. The van der Waals surface area contributed by atoms with Gasteiger partial charge >= 0.3 is 5.97 Å². The van der Waals surface area contributed by atoms with E-state index in [0.717, 1.165) is 11.3 Å². The molecule has 1 N–H and O–H groups in total. The quantitative estimate of drug-likeness (QED) is 0.700. The van der Waals surface area contributed by atoms with Crippen LogP contribution in [0.2, 0.25) is 0 Å². The molecule has 0 amide bonds. The molecule has 0 saturated carbocycles. The molecule has 3 heterocycles. The number of pyridine rings is 1. The van der Waals surface area contributed by atoms with Crippen molar-refractivity contribution in [3.8, 4) is 11.3 Å². The normalized spacial score (nSPS) is 10.8. The zero-order valence-electron chi connectivity index (χ0n) is 10.5. The number of hydrogen-bond acceptors (Lipinski definition) is 4. The van der Waals surface area contributed by atoms with Crippen molar-refractivity contribution in [2.75, 3.05) is 0 Å². The van der Waals surface area contributed by atoms with Crippen LogP contribution >= 0.6 is 0 Å². The second-order valence-corrected chi connectivity index (χ2v) is 4.29. The van der Waals surface area contributed by atoms with Crippen LogP contribution < -0.4 is 4.57 Å². The Labute approximate surface area is 114 Å². The Kier molecular flexibility index (Phi) is 3.08. The Balaban J connectivity index is 1.84. The van der Waals surface area contributed by atoms with Crippen molar-refractivity contribution in [3.05, 3.63) is 43.0 Å². The van der Waals surface area contributed by atoms with Crippen LogP contribution in [-0.4, -0.2) is 30.9 Å². The number of hydrogen-bond donors (Lipinski definition) is 1. The van der Waals surface area contributed by atoms with Gasteiger partial charge in [0, 0.05) is 17.7 Å². The number of aryl methyl sites for hydroxylation is 1. The van der Waals surface area contributed by atoms with Crippen molar-refractivity contribution in [3.63, 3.8) is 0 Å². The number of carbonyl (C=O) groups is 1. The summed E-state index contributed by atoms with van der Waals surface area (Å²) in [6.45, 7) is 0.450. The van der Waals surface area contributed by atoms with Crippen molar-refractivity contribution in [1.29, 1.82) is 0 Å². The molecular formula is C13H12N5O2+. The van der Waals surface area contributed by atoms with Gasteiger partial charge in [-0.25, -0.2) is 9.55 Å². The van der Waals surface area contributed by atoms with Crippen molar-refractivity contribution >= 4 is 11.6 Å². The molecule has 3 aromatic rings. The average Bonchev–Trinajstić information content (AvgIpc) is 2.93. The van der Waals surface area contributed by atoms with Gasteiger partial charge in [-0.15, -0.1) is 14.8 Å². The zero-order chi connectivity index (χ0) is 13.9. The third-order valence-electron chi connectivity index (χ3n) is 2.92. The lowest BCUT2D eigenvalue weighted by Crippen LogP contribution is -2.33. The Morgan fingerprint density at radius 2 is 2.05 bits per heavy atom. The fourth-order valence-corrected chi connectivity index (χ4v) is 1.88. The van der Waals surface area contributed by atoms with E-state index in [9.17, 15) is 4.79 Å². The largest absolute Gasteiger partial charge is 0.481 e. The molecule has 0 unspecified atom stereocenters. The number of fused-ring (bicyclic) bond motifs is 1. The minimum Gasteiger partial charge on any atom is -0.481 e. The fourth-order valence-electron chi connectivity index (χ4n) is 1.88. The molecule has 7 nitrogen and oxygen atoms in total. The van der Waals surface area contributed by atoms with E-state index in [1.54, 1.807) is 0 Å². The predicted octanol–water partition coefficient (Wildman–Crippen LogP) is 0.553. The van der Waals surface area contributed by atoms with Gasteiger partial charge in [0.2, 0.25) is 0 Å². The number of rotatable bonds is 4. The summed E-state index contributed by atoms with van der Waals surface area (Å²) in [6.07, 6.45) is 5.24. The molecule has 0 spiro atoms. The van der Waals surface area contributed by atoms with Gasteiger partial charge in [-0.1, -0.05) is 0 Å². The lowest BCUT2D eigenvalue weighted by molar-refractivity contribution is -0.695. The first-order valence-electron chi connectivity index (χ1n) is 6.11. The first-order chi connectivity index (χ1) is 9.72. The smallest absolute Gasteiger partial charge is 0.309 e. The van der Waals surface area contributed by atoms with E-state index < -0.39 is 5.97 Å². The molecule has 100 valence electrons. The van der Waals surface area contributed by atoms with Crippen LogP contribution in [0.15, 0.2) is 43.0 Å². The first-order valence-corrected chi connectivity index (χ1v) is 6.11. The van der Waals surface area contributed by atoms with E-state index in [-0.39, 0.29) is 6.42 Å². The SMILES string of the molecule is O=C(O)CC[n+]1ccc(-c2ccc3ncnn3n2)cc1. The van der Waals surface area contributed by atoms with E-state index in [1.165, 1.54) is 11.0 Å². The van der Waals surface area contributed by atoms with Crippen LogP contribution in [0.1, 0.15) is 6.42 Å². The van der Waals surface area contributed by atoms with Gasteiger partial charge in [0.05, 0.1) is 5.69 Å². The Bertz CT molecular complexity index is 751. The molecule has 0 aromatic carbocycles. The highest BCUT2D eigenvalue weighted by Crippen LogP contribution is 2.14. The molecule has 7 heteroatoms. The van der Waals surface area contributed by atoms with Crippen LogP contribution in [-0.2, 0) is 11.3 Å². The summed E-state index contributed by atoms with van der Waals surface area (Å²) in [4.78, 5) is 14.6. The monoisotopic (exact) mass is 270 g/mol. The van der Waals surface area contributed by atoms with Crippen LogP contribution in [0.4, 0.5) is 0 Å². The topological polar surface area (TPSA) is 84.3 Å². The van der Waals surface area contributed by atoms with Crippen molar-refractivity contribution in [2.45, 2.75) is 13.0 Å². The number of nitrogens with zero attached hydrogens (tertiary/aromatic N) is 5. The van der Waals surface area contributed by atoms with E-state index in [2.05, 4.69) is 15.2 Å². The van der Waals surface area contributed by atoms with E-state index in [1.807, 2.05) is 41.2 Å². The summed E-state index contributed by atoms with van der Waals surface area (Å²) in [5.74, 6) is -0.806. The maximum Gasteiger partial charge on any atom is 0.309 e. The van der Waals surface area contributed by atoms with Crippen molar-refractivity contribution < 1.29 is 14.5 Å². The molecule has 0 aliphatic heterocycles. The summed E-state index contributed by atoms with van der Waals surface area (Å²) in [6, 6.07) is 7.52. The molecule has 20 heavy (non-hydrogen) atoms. The van der Waals surface area contributed by atoms with Gasteiger partial charge in [-0.3, -0.25) is 4.79 Å². The highest BCUT2D eigenvalue weighted by Gasteiger charge is 2.07. The highest BCUT2D eigenvalue weighted by molar-refractivity contribution is 5.66. The van der Waals surface area contributed by atoms with Gasteiger partial charge in [0.15, 0.2) is 24.6 Å². The molecule has 0 aliphatic carbocycles. The summed E-state index contributed by atoms with van der Waals surface area (Å²) < 4.78 is 3.30. The predicted molar refractivity (Wildman–Crippen MR) is 68.7 cm³/mol. The molecule has 0 aliphatic rings. The highest BCUT2D eigenvalue weighted by atomic mass is 16.4. The maximum atomic E-state index is 10.5. The van der Waals surface area contributed by atoms with E-state index in [0.29, 0.717) is 12.2 Å². The van der Waals surface area contributed by atoms with Crippen molar-refractivity contribution in [1.82, 2.24) is 19.8 Å². The van der Waals surface area contributed by atoms with Gasteiger partial charge < -0.3 is 5.11 Å². The summed E-state index contributed by atoms with van der Waals surface area (Å²) in [7, 11) is 0. The summed E-state index contributed by atoms with van der Waals surface area (Å²) in [5.41, 5.74) is 2.42. The van der Waals surface area contributed by atoms with E-state index in [4.69, 9.17) is 5.11 Å². The second-order valence-electron chi connectivity index (χ2n) is 4.29. The fraction of sp³-hybridized carbons (Fsp3) is 0.154. The maximum absolute atomic E-state index is 10.5. The molecule has 3 rings (SSSR count). The minimum atomic E-state index is -0.806. The third-order valence-corrected chi connectivity index (χ3v) is 2.92. The Morgan fingerprint density at radius 1 is 1.25 bits per heavy atom. The minimum absolute atomic E-state index is 0.104. The molecule has 0 bridgehead atoms. The van der Waals surface area contributed by atoms with Crippen LogP contribution in [0, 0.1) is 0 Å². The summed E-state index contributed by atoms with van der Waals surface area (Å²) in [5, 5.41) is 17.0. The van der Waals surface area contributed by atoms with Crippen LogP contribution in [0.5, 0.6) is 0 Å². The van der Waals surface area contributed by atoms with E-state index >= 15 is 0 Å². The number of carboxylic acids is 1. The number of aliphatic carboxylic acids is 1. The van der Waals surface area contributed by atoms with Gasteiger partial charge in [0.25, 0.3) is 0 Å². The average molecular weight is 270 g/mol. The number of aromatic nitrogens is 5. The van der Waals surface area contributed by atoms with Gasteiger partial charge in [0.1, 0.15) is 12.7 Å². The lowest BCUT2D eigenvalue weighted by Gasteiger charge is -2.00. The Hall–Kier alpha value is -2.83. The van der Waals surface area contributed by atoms with Gasteiger partial charge in [-0.2, -0.15) is 0 Å². The molecule has 0 atom stereocenters. The molecule has 0 saturated heterocycles.